The van der Waals surface area contributed by atoms with Crippen molar-refractivity contribution in [2.24, 2.45) is 0 Å². The lowest BCUT2D eigenvalue weighted by Crippen LogP contribution is -1.88. The first kappa shape index (κ1) is 12.2. The molecule has 0 aliphatic carbocycles. The third-order valence-electron chi connectivity index (χ3n) is 3.49. The number of hydrogen-bond donors (Lipinski definition) is 1. The molecule has 0 unspecified atom stereocenters. The smallest absolute Gasteiger partial charge is 0.107 e. The lowest BCUT2D eigenvalue weighted by molar-refractivity contribution is 0.656. The van der Waals surface area contributed by atoms with E-state index in [1.807, 2.05) is 0 Å². The quantitative estimate of drug-likeness (QED) is 0.762. The van der Waals surface area contributed by atoms with Crippen LogP contribution in [0.4, 0.5) is 0 Å². The van der Waals surface area contributed by atoms with Gasteiger partial charge in [-0.3, -0.25) is 0 Å². The summed E-state index contributed by atoms with van der Waals surface area (Å²) in [5, 5.41) is 0. The van der Waals surface area contributed by atoms with Crippen LogP contribution in [0.5, 0.6) is 0 Å². The number of imidazole rings is 1. The van der Waals surface area contributed by atoms with E-state index in [1.54, 1.807) is 0 Å². The average Bonchev–Trinajstić information content (AvgIpc) is 2.74. The molecule has 0 atom stereocenters. The molecule has 0 bridgehead atoms. The average molecular weight is 230 g/mol. The van der Waals surface area contributed by atoms with Crippen LogP contribution in [0.25, 0.3) is 11.0 Å². The molecule has 92 valence electrons. The van der Waals surface area contributed by atoms with Crippen LogP contribution in [0, 0.1) is 13.8 Å². The van der Waals surface area contributed by atoms with Crippen LogP contribution in [-0.2, 0) is 6.42 Å². The maximum absolute atomic E-state index is 4.72. The molecule has 2 aromatic rings. The van der Waals surface area contributed by atoms with Gasteiger partial charge in [0.15, 0.2) is 0 Å². The summed E-state index contributed by atoms with van der Waals surface area (Å²) in [7, 11) is 0. The predicted molar refractivity (Wildman–Crippen MR) is 73.4 cm³/mol. The highest BCUT2D eigenvalue weighted by Gasteiger charge is 2.06. The van der Waals surface area contributed by atoms with Gasteiger partial charge in [0, 0.05) is 6.42 Å². The molecule has 1 aromatic carbocycles. The van der Waals surface area contributed by atoms with E-state index in [2.05, 4.69) is 37.9 Å². The van der Waals surface area contributed by atoms with E-state index in [9.17, 15) is 0 Å². The van der Waals surface area contributed by atoms with Crippen LogP contribution in [0.3, 0.4) is 0 Å². The van der Waals surface area contributed by atoms with E-state index in [4.69, 9.17) is 4.98 Å². The first-order valence-electron chi connectivity index (χ1n) is 6.67. The summed E-state index contributed by atoms with van der Waals surface area (Å²) in [5.41, 5.74) is 4.95. The number of rotatable bonds is 5. The Labute approximate surface area is 103 Å². The highest BCUT2D eigenvalue weighted by atomic mass is 14.9. The lowest BCUT2D eigenvalue weighted by atomic mass is 10.1. The van der Waals surface area contributed by atoms with Gasteiger partial charge in [-0.1, -0.05) is 32.3 Å². The van der Waals surface area contributed by atoms with Crippen molar-refractivity contribution in [2.45, 2.75) is 52.9 Å². The summed E-state index contributed by atoms with van der Waals surface area (Å²) in [6, 6.07) is 4.30. The second-order valence-corrected chi connectivity index (χ2v) is 4.90. The molecular weight excluding hydrogens is 208 g/mol. The van der Waals surface area contributed by atoms with Crippen molar-refractivity contribution in [3.63, 3.8) is 0 Å². The van der Waals surface area contributed by atoms with Gasteiger partial charge in [0.25, 0.3) is 0 Å². The third kappa shape index (κ3) is 2.68. The Balaban J connectivity index is 2.12. The molecule has 0 radical (unpaired) electrons. The fourth-order valence-electron chi connectivity index (χ4n) is 2.20. The van der Waals surface area contributed by atoms with Crippen molar-refractivity contribution in [3.05, 3.63) is 29.1 Å². The number of H-pyrrole nitrogens is 1. The molecule has 2 nitrogen and oxygen atoms in total. The monoisotopic (exact) mass is 230 g/mol. The maximum atomic E-state index is 4.72. The number of nitrogens with zero attached hydrogens (tertiary/aromatic N) is 1. The molecule has 0 spiro atoms. The predicted octanol–water partition coefficient (Wildman–Crippen LogP) is 4.30. The van der Waals surface area contributed by atoms with Crippen LogP contribution in [0.15, 0.2) is 12.1 Å². The zero-order chi connectivity index (χ0) is 12.3. The zero-order valence-electron chi connectivity index (χ0n) is 11.1. The van der Waals surface area contributed by atoms with Gasteiger partial charge in [0.2, 0.25) is 0 Å². The summed E-state index contributed by atoms with van der Waals surface area (Å²) >= 11 is 0. The number of unbranched alkanes of at least 4 members (excludes halogenated alkanes) is 3. The Hall–Kier alpha value is -1.31. The van der Waals surface area contributed by atoms with Gasteiger partial charge < -0.3 is 4.98 Å². The molecule has 1 N–H and O–H groups in total. The van der Waals surface area contributed by atoms with Gasteiger partial charge >= 0.3 is 0 Å². The van der Waals surface area contributed by atoms with Crippen molar-refractivity contribution < 1.29 is 0 Å². The minimum atomic E-state index is 1.08. The van der Waals surface area contributed by atoms with Gasteiger partial charge in [-0.2, -0.15) is 0 Å². The van der Waals surface area contributed by atoms with E-state index >= 15 is 0 Å². The summed E-state index contributed by atoms with van der Waals surface area (Å²) in [4.78, 5) is 8.14. The Morgan fingerprint density at radius 1 is 1.12 bits per heavy atom. The highest BCUT2D eigenvalue weighted by molar-refractivity contribution is 5.79. The molecule has 0 aliphatic rings. The van der Waals surface area contributed by atoms with E-state index in [-0.39, 0.29) is 0 Å². The molecule has 17 heavy (non-hydrogen) atoms. The molecule has 2 rings (SSSR count). The number of hydrogen-bond acceptors (Lipinski definition) is 1. The number of aryl methyl sites for hydroxylation is 3. The second kappa shape index (κ2) is 5.35. The van der Waals surface area contributed by atoms with Crippen molar-refractivity contribution in [2.75, 3.05) is 0 Å². The molecule has 1 heterocycles. The van der Waals surface area contributed by atoms with E-state index < -0.39 is 0 Å². The Morgan fingerprint density at radius 2 is 1.94 bits per heavy atom. The Morgan fingerprint density at radius 3 is 2.71 bits per heavy atom. The van der Waals surface area contributed by atoms with Gasteiger partial charge in [-0.15, -0.1) is 0 Å². The third-order valence-corrected chi connectivity index (χ3v) is 3.49. The fraction of sp³-hybridized carbons (Fsp3) is 0.533. The molecule has 0 amide bonds. The van der Waals surface area contributed by atoms with Crippen molar-refractivity contribution in [1.82, 2.24) is 9.97 Å². The van der Waals surface area contributed by atoms with Crippen molar-refractivity contribution >= 4 is 11.0 Å². The number of aromatic amines is 1. The summed E-state index contributed by atoms with van der Waals surface area (Å²) < 4.78 is 0. The summed E-state index contributed by atoms with van der Waals surface area (Å²) in [5.74, 6) is 1.14. The fourth-order valence-corrected chi connectivity index (χ4v) is 2.20. The first-order valence-corrected chi connectivity index (χ1v) is 6.67. The molecule has 0 saturated carbocycles. The standard InChI is InChI=1S/C15H22N2/c1-4-5-6-7-8-14-16-13-10-9-11(2)12(3)15(13)17-14/h9-10H,4-8H2,1-3H3,(H,16,17). The Kier molecular flexibility index (Phi) is 3.82. The SMILES string of the molecule is CCCCCCc1nc2c(C)c(C)ccc2[nH]1. The van der Waals surface area contributed by atoms with Crippen LogP contribution in [0.2, 0.25) is 0 Å². The topological polar surface area (TPSA) is 28.7 Å². The van der Waals surface area contributed by atoms with Crippen LogP contribution in [0.1, 0.15) is 49.6 Å². The van der Waals surface area contributed by atoms with E-state index in [1.165, 1.54) is 42.3 Å². The number of nitrogens with one attached hydrogen (secondary N) is 1. The number of aromatic nitrogens is 2. The van der Waals surface area contributed by atoms with Crippen molar-refractivity contribution in [3.8, 4) is 0 Å². The minimum Gasteiger partial charge on any atom is -0.342 e. The molecule has 1 aromatic heterocycles. The van der Waals surface area contributed by atoms with Crippen LogP contribution in [-0.4, -0.2) is 9.97 Å². The largest absolute Gasteiger partial charge is 0.342 e. The first-order chi connectivity index (χ1) is 8.22. The molecule has 2 heteroatoms. The van der Waals surface area contributed by atoms with E-state index in [0.29, 0.717) is 0 Å². The minimum absolute atomic E-state index is 1.08. The summed E-state index contributed by atoms with van der Waals surface area (Å²) in [6.45, 7) is 6.54. The van der Waals surface area contributed by atoms with E-state index in [0.717, 1.165) is 17.8 Å². The van der Waals surface area contributed by atoms with Gasteiger partial charge in [-0.05, 0) is 37.5 Å². The highest BCUT2D eigenvalue weighted by Crippen LogP contribution is 2.20. The maximum Gasteiger partial charge on any atom is 0.107 e. The second-order valence-electron chi connectivity index (χ2n) is 4.90. The van der Waals surface area contributed by atoms with Crippen LogP contribution >= 0.6 is 0 Å². The number of benzene rings is 1. The molecule has 0 fully saturated rings. The van der Waals surface area contributed by atoms with Crippen LogP contribution < -0.4 is 0 Å². The number of fused-ring (bicyclic) bond motifs is 1. The van der Waals surface area contributed by atoms with Crippen molar-refractivity contribution in [1.29, 1.82) is 0 Å². The van der Waals surface area contributed by atoms with Gasteiger partial charge in [0.1, 0.15) is 5.82 Å². The lowest BCUT2D eigenvalue weighted by Gasteiger charge is -1.98. The summed E-state index contributed by atoms with van der Waals surface area (Å²) in [6.07, 6.45) is 6.25. The van der Waals surface area contributed by atoms with Gasteiger partial charge in [0.05, 0.1) is 11.0 Å². The normalized spacial score (nSPS) is 11.2. The Bertz CT molecular complexity index is 497. The molecule has 0 aliphatic heterocycles. The zero-order valence-corrected chi connectivity index (χ0v) is 11.1. The van der Waals surface area contributed by atoms with Gasteiger partial charge in [-0.25, -0.2) is 4.98 Å². The molecule has 0 saturated heterocycles. The molecular formula is C15H22N2.